The van der Waals surface area contributed by atoms with Crippen molar-refractivity contribution >= 4 is 34.8 Å². The lowest BCUT2D eigenvalue weighted by Crippen LogP contribution is -2.54. The Labute approximate surface area is 207 Å². The van der Waals surface area contributed by atoms with Gasteiger partial charge in [-0.15, -0.1) is 0 Å². The summed E-state index contributed by atoms with van der Waals surface area (Å²) in [5, 5.41) is 2.55. The minimum absolute atomic E-state index is 0.205. The van der Waals surface area contributed by atoms with Crippen LogP contribution in [0.25, 0.3) is 0 Å². The van der Waals surface area contributed by atoms with Gasteiger partial charge in [0.2, 0.25) is 5.95 Å². The van der Waals surface area contributed by atoms with Crippen LogP contribution in [0.15, 0.2) is 29.2 Å². The SMILES string of the molecule is CNC(=O)c1ccc(C(=O)OC2CN(c3nc4c(c(N(C)C5CCOCC5)n3)[S+](O)CC4)C2)cc1. The Kier molecular flexibility index (Phi) is 6.81. The van der Waals surface area contributed by atoms with Gasteiger partial charge in [0.25, 0.3) is 10.8 Å². The minimum atomic E-state index is -0.842. The first-order valence-corrected chi connectivity index (χ1v) is 13.2. The highest BCUT2D eigenvalue weighted by molar-refractivity contribution is 7.92. The summed E-state index contributed by atoms with van der Waals surface area (Å²) >= 11 is -0.842. The van der Waals surface area contributed by atoms with Gasteiger partial charge in [0.15, 0.2) is 22.7 Å². The molecule has 1 aromatic carbocycles. The molecule has 1 aromatic heterocycles. The van der Waals surface area contributed by atoms with E-state index in [0.29, 0.717) is 42.0 Å². The van der Waals surface area contributed by atoms with Gasteiger partial charge in [0.1, 0.15) is 11.8 Å². The number of hydrogen-bond donors (Lipinski definition) is 2. The topological polar surface area (TPSA) is 117 Å². The molecule has 1 unspecified atom stereocenters. The minimum Gasteiger partial charge on any atom is -0.455 e. The number of hydrogen-bond acceptors (Lipinski definition) is 9. The van der Waals surface area contributed by atoms with E-state index in [4.69, 9.17) is 19.4 Å². The van der Waals surface area contributed by atoms with Crippen molar-refractivity contribution in [3.05, 3.63) is 41.1 Å². The number of esters is 1. The number of fused-ring (bicyclic) bond motifs is 1. The number of aromatic nitrogens is 2. The van der Waals surface area contributed by atoms with E-state index in [1.807, 2.05) is 11.9 Å². The van der Waals surface area contributed by atoms with Gasteiger partial charge in [-0.2, -0.15) is 9.54 Å². The van der Waals surface area contributed by atoms with Crippen LogP contribution in [-0.2, 0) is 27.1 Å². The number of anilines is 2. The van der Waals surface area contributed by atoms with E-state index >= 15 is 0 Å². The second-order valence-corrected chi connectivity index (χ2v) is 10.5. The summed E-state index contributed by atoms with van der Waals surface area (Å²) < 4.78 is 21.8. The number of carbonyl (C=O) groups excluding carboxylic acids is 2. The maximum Gasteiger partial charge on any atom is 0.338 e. The Balaban J connectivity index is 1.25. The van der Waals surface area contributed by atoms with Gasteiger partial charge in [-0.05, 0) is 37.1 Å². The standard InChI is InChI=1S/C24H29N5O5S/c1-25-22(30)15-3-5-16(6-4-15)23(31)34-18-13-29(14-18)24-26-19-9-12-35(32)20(19)21(27-24)28(2)17-7-10-33-11-8-17/h3-6,17-18,32H,7-14H2,1-2H3/p+1. The van der Waals surface area contributed by atoms with Gasteiger partial charge in [-0.25, -0.2) is 9.78 Å². The molecule has 3 aliphatic heterocycles. The highest BCUT2D eigenvalue weighted by Crippen LogP contribution is 2.36. The first-order chi connectivity index (χ1) is 16.9. The Morgan fingerprint density at radius 3 is 2.54 bits per heavy atom. The highest BCUT2D eigenvalue weighted by atomic mass is 32.2. The van der Waals surface area contributed by atoms with Gasteiger partial charge in [0.05, 0.1) is 18.7 Å². The van der Waals surface area contributed by atoms with Crippen molar-refractivity contribution in [3.63, 3.8) is 0 Å². The Bertz CT molecular complexity index is 1100. The van der Waals surface area contributed by atoms with Crippen LogP contribution in [0.4, 0.5) is 11.8 Å². The summed E-state index contributed by atoms with van der Waals surface area (Å²) in [5.41, 5.74) is 1.80. The lowest BCUT2D eigenvalue weighted by Gasteiger charge is -2.39. The predicted molar refractivity (Wildman–Crippen MR) is 132 cm³/mol. The quantitative estimate of drug-likeness (QED) is 0.449. The molecule has 2 fully saturated rings. The van der Waals surface area contributed by atoms with Crippen molar-refractivity contribution in [2.45, 2.75) is 36.3 Å². The molecule has 0 spiro atoms. The van der Waals surface area contributed by atoms with E-state index in [0.717, 1.165) is 48.9 Å². The number of ether oxygens (including phenoxy) is 2. The molecule has 35 heavy (non-hydrogen) atoms. The third-order valence-electron chi connectivity index (χ3n) is 6.76. The van der Waals surface area contributed by atoms with Crippen LogP contribution in [-0.4, -0.2) is 84.7 Å². The fourth-order valence-corrected chi connectivity index (χ4v) is 6.01. The summed E-state index contributed by atoms with van der Waals surface area (Å²) in [6.07, 6.45) is 2.32. The molecule has 0 radical (unpaired) electrons. The number of aryl methyl sites for hydroxylation is 1. The Hall–Kier alpha value is -2.89. The lowest BCUT2D eigenvalue weighted by atomic mass is 10.1. The first kappa shape index (κ1) is 23.8. The maximum atomic E-state index is 12.5. The molecule has 2 N–H and O–H groups in total. The van der Waals surface area contributed by atoms with Crippen LogP contribution in [0, 0.1) is 0 Å². The molecule has 10 nitrogen and oxygen atoms in total. The maximum absolute atomic E-state index is 12.5. The molecular weight excluding hydrogens is 470 g/mol. The molecule has 1 atom stereocenters. The van der Waals surface area contributed by atoms with Crippen molar-refractivity contribution in [1.82, 2.24) is 15.3 Å². The van der Waals surface area contributed by atoms with Gasteiger partial charge < -0.3 is 24.6 Å². The van der Waals surface area contributed by atoms with Gasteiger partial charge >= 0.3 is 5.97 Å². The highest BCUT2D eigenvalue weighted by Gasteiger charge is 2.42. The van der Waals surface area contributed by atoms with E-state index in [1.54, 1.807) is 31.3 Å². The van der Waals surface area contributed by atoms with Crippen LogP contribution in [0.5, 0.6) is 0 Å². The number of amides is 1. The van der Waals surface area contributed by atoms with Crippen molar-refractivity contribution < 1.29 is 23.6 Å². The molecule has 1 amide bonds. The van der Waals surface area contributed by atoms with Crippen LogP contribution in [0.1, 0.15) is 39.3 Å². The zero-order chi connectivity index (χ0) is 24.5. The summed E-state index contributed by atoms with van der Waals surface area (Å²) in [4.78, 5) is 38.9. The van der Waals surface area contributed by atoms with Crippen LogP contribution in [0.2, 0.25) is 0 Å². The van der Waals surface area contributed by atoms with E-state index < -0.39 is 17.1 Å². The fraction of sp³-hybridized carbons (Fsp3) is 0.500. The monoisotopic (exact) mass is 500 g/mol. The van der Waals surface area contributed by atoms with E-state index in [1.165, 1.54) is 0 Å². The Morgan fingerprint density at radius 2 is 1.86 bits per heavy atom. The van der Waals surface area contributed by atoms with E-state index in [-0.39, 0.29) is 12.0 Å². The normalized spacial score (nSPS) is 20.2. The molecule has 5 rings (SSSR count). The van der Waals surface area contributed by atoms with Crippen LogP contribution >= 0.6 is 0 Å². The number of rotatable bonds is 6. The molecule has 2 saturated heterocycles. The lowest BCUT2D eigenvalue weighted by molar-refractivity contribution is 0.0231. The Morgan fingerprint density at radius 1 is 1.17 bits per heavy atom. The molecule has 2 aromatic rings. The molecule has 4 heterocycles. The number of benzene rings is 1. The molecule has 186 valence electrons. The average Bonchev–Trinajstić information content (AvgIpc) is 3.25. The molecule has 11 heteroatoms. The second kappa shape index (κ2) is 10.00. The number of nitrogens with zero attached hydrogens (tertiary/aromatic N) is 4. The fourth-order valence-electron chi connectivity index (χ4n) is 4.60. The average molecular weight is 501 g/mol. The summed E-state index contributed by atoms with van der Waals surface area (Å²) in [5.74, 6) is 1.47. The molecular formula is C24H30N5O5S+. The summed E-state index contributed by atoms with van der Waals surface area (Å²) in [6.45, 7) is 2.47. The first-order valence-electron chi connectivity index (χ1n) is 11.8. The van der Waals surface area contributed by atoms with Crippen molar-refractivity contribution in [2.75, 3.05) is 56.0 Å². The summed E-state index contributed by atoms with van der Waals surface area (Å²) in [7, 11) is 3.60. The number of nitrogens with one attached hydrogen (secondary N) is 1. The van der Waals surface area contributed by atoms with Crippen molar-refractivity contribution in [3.8, 4) is 0 Å². The largest absolute Gasteiger partial charge is 0.455 e. The van der Waals surface area contributed by atoms with Crippen molar-refractivity contribution in [1.29, 1.82) is 0 Å². The van der Waals surface area contributed by atoms with Crippen LogP contribution in [0.3, 0.4) is 0 Å². The molecule has 3 aliphatic rings. The third-order valence-corrected chi connectivity index (χ3v) is 8.24. The zero-order valence-electron chi connectivity index (χ0n) is 19.9. The zero-order valence-corrected chi connectivity index (χ0v) is 20.7. The molecule has 0 bridgehead atoms. The van der Waals surface area contributed by atoms with E-state index in [9.17, 15) is 14.1 Å². The molecule has 0 aliphatic carbocycles. The second-order valence-electron chi connectivity index (χ2n) is 8.99. The van der Waals surface area contributed by atoms with Crippen LogP contribution < -0.4 is 15.1 Å². The smallest absolute Gasteiger partial charge is 0.338 e. The van der Waals surface area contributed by atoms with Gasteiger partial charge in [0, 0.05) is 45.3 Å². The van der Waals surface area contributed by atoms with E-state index in [2.05, 4.69) is 10.2 Å². The predicted octanol–water partition coefficient (Wildman–Crippen LogP) is 1.50. The van der Waals surface area contributed by atoms with Crippen molar-refractivity contribution in [2.24, 2.45) is 0 Å². The van der Waals surface area contributed by atoms with Gasteiger partial charge in [-0.1, -0.05) is 0 Å². The number of carbonyl (C=O) groups is 2. The van der Waals surface area contributed by atoms with Gasteiger partial charge in [-0.3, -0.25) is 4.79 Å². The molecule has 0 saturated carbocycles. The summed E-state index contributed by atoms with van der Waals surface area (Å²) in [6, 6.07) is 6.71. The third kappa shape index (κ3) is 4.80.